The second-order valence-corrected chi connectivity index (χ2v) is 4.70. The molecule has 0 aliphatic rings. The minimum atomic E-state index is -0.273. The highest BCUT2D eigenvalue weighted by molar-refractivity contribution is 5.39. The Hall–Kier alpha value is -1.88. The van der Waals surface area contributed by atoms with Gasteiger partial charge in [0.1, 0.15) is 11.6 Å². The number of ether oxygens (including phenoxy) is 1. The molecule has 0 aliphatic carbocycles. The largest absolute Gasteiger partial charge is 0.454 e. The molecule has 4 nitrogen and oxygen atoms in total. The zero-order valence-corrected chi connectivity index (χ0v) is 12.1. The van der Waals surface area contributed by atoms with E-state index in [1.54, 1.807) is 25.4 Å². The van der Waals surface area contributed by atoms with Crippen LogP contribution in [0.5, 0.6) is 11.5 Å². The van der Waals surface area contributed by atoms with Crippen molar-refractivity contribution < 1.29 is 9.13 Å². The van der Waals surface area contributed by atoms with E-state index < -0.39 is 0 Å². The number of aryl methyl sites for hydroxylation is 1. The van der Waals surface area contributed by atoms with Crippen molar-refractivity contribution in [1.29, 1.82) is 0 Å². The average molecular weight is 277 g/mol. The first kappa shape index (κ1) is 14.5. The maximum Gasteiger partial charge on any atom is 0.165 e. The Bertz CT molecular complexity index is 568. The van der Waals surface area contributed by atoms with E-state index in [0.717, 1.165) is 13.0 Å². The number of nitrogens with one attached hydrogen (secondary N) is 1. The van der Waals surface area contributed by atoms with E-state index in [2.05, 4.69) is 17.3 Å². The number of nitrogens with zero attached hydrogens (tertiary/aromatic N) is 2. The van der Waals surface area contributed by atoms with Gasteiger partial charge in [0, 0.05) is 18.2 Å². The van der Waals surface area contributed by atoms with Crippen LogP contribution < -0.4 is 10.1 Å². The molecule has 1 N–H and O–H groups in total. The van der Waals surface area contributed by atoms with E-state index in [1.807, 2.05) is 17.8 Å². The monoisotopic (exact) mass is 277 g/mol. The van der Waals surface area contributed by atoms with Gasteiger partial charge in [0.25, 0.3) is 0 Å². The molecule has 0 bridgehead atoms. The molecule has 0 radical (unpaired) electrons. The Morgan fingerprint density at radius 2 is 2.25 bits per heavy atom. The summed E-state index contributed by atoms with van der Waals surface area (Å²) in [5.41, 5.74) is 0.526. The summed E-state index contributed by atoms with van der Waals surface area (Å²) < 4.78 is 21.6. The lowest BCUT2D eigenvalue weighted by Crippen LogP contribution is -2.14. The first-order chi connectivity index (χ1) is 9.65. The third-order valence-electron chi connectivity index (χ3n) is 3.17. The Balaban J connectivity index is 2.26. The lowest BCUT2D eigenvalue weighted by molar-refractivity contribution is 0.451. The van der Waals surface area contributed by atoms with Gasteiger partial charge >= 0.3 is 0 Å². The van der Waals surface area contributed by atoms with Crippen LogP contribution in [0.3, 0.4) is 0 Å². The predicted molar refractivity (Wildman–Crippen MR) is 76.5 cm³/mol. The van der Waals surface area contributed by atoms with Gasteiger partial charge in [0.05, 0.1) is 12.4 Å². The number of hydrogen-bond donors (Lipinski definition) is 1. The molecule has 0 spiro atoms. The molecule has 0 aliphatic heterocycles. The molecule has 2 aromatic rings. The van der Waals surface area contributed by atoms with Crippen molar-refractivity contribution in [1.82, 2.24) is 15.1 Å². The molecule has 0 amide bonds. The Kier molecular flexibility index (Phi) is 4.74. The molecule has 1 aromatic heterocycles. The standard InChI is InChI=1S/C15H20FN3O/c1-4-8-19-10-12(9-18-19)20-14-7-5-6-13(16)15(14)11(2)17-3/h5-7,9-11,17H,4,8H2,1-3H3. The van der Waals surface area contributed by atoms with Crippen molar-refractivity contribution in [3.05, 3.63) is 42.0 Å². The SMILES string of the molecule is CCCn1cc(Oc2cccc(F)c2C(C)NC)cn1. The van der Waals surface area contributed by atoms with Gasteiger partial charge < -0.3 is 10.1 Å². The topological polar surface area (TPSA) is 39.1 Å². The third-order valence-corrected chi connectivity index (χ3v) is 3.17. The summed E-state index contributed by atoms with van der Waals surface area (Å²) in [5, 5.41) is 7.23. The average Bonchev–Trinajstić information content (AvgIpc) is 2.86. The van der Waals surface area contributed by atoms with Crippen molar-refractivity contribution in [2.45, 2.75) is 32.9 Å². The van der Waals surface area contributed by atoms with Crippen molar-refractivity contribution >= 4 is 0 Å². The first-order valence-electron chi connectivity index (χ1n) is 6.81. The number of hydrogen-bond acceptors (Lipinski definition) is 3. The minimum absolute atomic E-state index is 0.128. The number of rotatable bonds is 6. The zero-order chi connectivity index (χ0) is 14.5. The van der Waals surface area contributed by atoms with Crippen molar-refractivity contribution in [2.75, 3.05) is 7.05 Å². The van der Waals surface area contributed by atoms with E-state index in [9.17, 15) is 4.39 Å². The van der Waals surface area contributed by atoms with Gasteiger partial charge in [0.2, 0.25) is 0 Å². The van der Waals surface area contributed by atoms with Crippen LogP contribution in [-0.2, 0) is 6.54 Å². The van der Waals surface area contributed by atoms with Gasteiger partial charge in [-0.1, -0.05) is 13.0 Å². The maximum atomic E-state index is 14.0. The molecule has 0 fully saturated rings. The highest BCUT2D eigenvalue weighted by atomic mass is 19.1. The van der Waals surface area contributed by atoms with E-state index in [4.69, 9.17) is 4.74 Å². The van der Waals surface area contributed by atoms with Gasteiger partial charge in [-0.3, -0.25) is 4.68 Å². The third kappa shape index (κ3) is 3.17. The second-order valence-electron chi connectivity index (χ2n) is 4.70. The highest BCUT2D eigenvalue weighted by Gasteiger charge is 2.16. The Labute approximate surface area is 118 Å². The van der Waals surface area contributed by atoms with Crippen LogP contribution in [0.15, 0.2) is 30.6 Å². The first-order valence-corrected chi connectivity index (χ1v) is 6.81. The van der Waals surface area contributed by atoms with Gasteiger partial charge in [-0.15, -0.1) is 0 Å². The summed E-state index contributed by atoms with van der Waals surface area (Å²) in [4.78, 5) is 0. The summed E-state index contributed by atoms with van der Waals surface area (Å²) in [5.74, 6) is 0.863. The summed E-state index contributed by atoms with van der Waals surface area (Å²) in [6.45, 7) is 4.82. The van der Waals surface area contributed by atoms with Crippen LogP contribution >= 0.6 is 0 Å². The number of aromatic nitrogens is 2. The molecule has 1 unspecified atom stereocenters. The molecule has 1 heterocycles. The smallest absolute Gasteiger partial charge is 0.165 e. The van der Waals surface area contributed by atoms with Crippen LogP contribution in [0.1, 0.15) is 31.9 Å². The van der Waals surface area contributed by atoms with Crippen molar-refractivity contribution in [3.63, 3.8) is 0 Å². The van der Waals surface area contributed by atoms with Crippen LogP contribution in [0.2, 0.25) is 0 Å². The Morgan fingerprint density at radius 3 is 2.95 bits per heavy atom. The lowest BCUT2D eigenvalue weighted by atomic mass is 10.1. The quantitative estimate of drug-likeness (QED) is 0.878. The molecule has 0 saturated heterocycles. The van der Waals surface area contributed by atoms with Gasteiger partial charge in [-0.2, -0.15) is 5.10 Å². The van der Waals surface area contributed by atoms with E-state index in [1.165, 1.54) is 6.07 Å². The summed E-state index contributed by atoms with van der Waals surface area (Å²) in [6.07, 6.45) is 4.47. The van der Waals surface area contributed by atoms with Gasteiger partial charge in [0.15, 0.2) is 5.75 Å². The normalized spacial score (nSPS) is 12.4. The van der Waals surface area contributed by atoms with E-state index in [-0.39, 0.29) is 11.9 Å². The summed E-state index contributed by atoms with van der Waals surface area (Å²) in [7, 11) is 1.79. The van der Waals surface area contributed by atoms with Crippen LogP contribution in [0.4, 0.5) is 4.39 Å². The van der Waals surface area contributed by atoms with Gasteiger partial charge in [-0.05, 0) is 32.5 Å². The zero-order valence-electron chi connectivity index (χ0n) is 12.1. The minimum Gasteiger partial charge on any atom is -0.454 e. The fourth-order valence-electron chi connectivity index (χ4n) is 2.05. The van der Waals surface area contributed by atoms with Crippen LogP contribution in [0, 0.1) is 5.82 Å². The summed E-state index contributed by atoms with van der Waals surface area (Å²) >= 11 is 0. The maximum absolute atomic E-state index is 14.0. The molecule has 108 valence electrons. The highest BCUT2D eigenvalue weighted by Crippen LogP contribution is 2.31. The molecule has 2 rings (SSSR count). The fraction of sp³-hybridized carbons (Fsp3) is 0.400. The van der Waals surface area contributed by atoms with Crippen molar-refractivity contribution in [2.24, 2.45) is 0 Å². The molecule has 1 atom stereocenters. The molecule has 0 saturated carbocycles. The lowest BCUT2D eigenvalue weighted by Gasteiger charge is -2.16. The molecular weight excluding hydrogens is 257 g/mol. The molecule has 20 heavy (non-hydrogen) atoms. The van der Waals surface area contributed by atoms with Crippen LogP contribution in [0.25, 0.3) is 0 Å². The summed E-state index contributed by atoms with van der Waals surface area (Å²) in [6, 6.07) is 4.73. The predicted octanol–water partition coefficient (Wildman–Crippen LogP) is 3.50. The second kappa shape index (κ2) is 6.52. The Morgan fingerprint density at radius 1 is 1.45 bits per heavy atom. The van der Waals surface area contributed by atoms with E-state index in [0.29, 0.717) is 17.1 Å². The number of benzene rings is 1. The molecule has 1 aromatic carbocycles. The van der Waals surface area contributed by atoms with E-state index >= 15 is 0 Å². The molecule has 5 heteroatoms. The fourth-order valence-corrected chi connectivity index (χ4v) is 2.05. The van der Waals surface area contributed by atoms with Crippen molar-refractivity contribution in [3.8, 4) is 11.5 Å². The molecular formula is C15H20FN3O. The number of halogens is 1. The van der Waals surface area contributed by atoms with Crippen LogP contribution in [-0.4, -0.2) is 16.8 Å². The van der Waals surface area contributed by atoms with Gasteiger partial charge in [-0.25, -0.2) is 4.39 Å².